The lowest BCUT2D eigenvalue weighted by Gasteiger charge is -2.10. The molecular weight excluding hydrogens is 168 g/mol. The first-order valence-electron chi connectivity index (χ1n) is 4.78. The minimum atomic E-state index is -0.409. The van der Waals surface area contributed by atoms with E-state index in [1.54, 1.807) is 13.8 Å². The molecule has 0 aliphatic carbocycles. The SMILES string of the molecule is CCC(C)C(=O)OC(=O)C(C)CC. The van der Waals surface area contributed by atoms with Gasteiger partial charge in [0.15, 0.2) is 0 Å². The summed E-state index contributed by atoms with van der Waals surface area (Å²) in [6.45, 7) is 7.29. The van der Waals surface area contributed by atoms with Crippen molar-refractivity contribution in [3.05, 3.63) is 0 Å². The maximum absolute atomic E-state index is 11.2. The van der Waals surface area contributed by atoms with E-state index >= 15 is 0 Å². The number of ether oxygens (including phenoxy) is 1. The Morgan fingerprint density at radius 2 is 1.31 bits per heavy atom. The van der Waals surface area contributed by atoms with Crippen LogP contribution in [0.2, 0.25) is 0 Å². The fourth-order valence-electron chi connectivity index (χ4n) is 0.634. The predicted octanol–water partition coefficient (Wildman–Crippen LogP) is 2.15. The van der Waals surface area contributed by atoms with Crippen molar-refractivity contribution in [3.63, 3.8) is 0 Å². The van der Waals surface area contributed by atoms with Gasteiger partial charge in [-0.3, -0.25) is 9.59 Å². The zero-order valence-corrected chi connectivity index (χ0v) is 8.79. The zero-order chi connectivity index (χ0) is 10.4. The summed E-state index contributed by atoms with van der Waals surface area (Å²) in [5, 5.41) is 0. The lowest BCUT2D eigenvalue weighted by Crippen LogP contribution is -2.22. The summed E-state index contributed by atoms with van der Waals surface area (Å²) < 4.78 is 4.68. The Labute approximate surface area is 79.5 Å². The summed E-state index contributed by atoms with van der Waals surface area (Å²) in [5.74, 6) is -1.19. The van der Waals surface area contributed by atoms with Gasteiger partial charge in [-0.15, -0.1) is 0 Å². The van der Waals surface area contributed by atoms with Gasteiger partial charge >= 0.3 is 11.9 Å². The first-order chi connectivity index (χ1) is 6.02. The molecule has 2 atom stereocenters. The van der Waals surface area contributed by atoms with Gasteiger partial charge in [0.05, 0.1) is 11.8 Å². The molecule has 0 saturated carbocycles. The summed E-state index contributed by atoms with van der Waals surface area (Å²) in [6, 6.07) is 0. The molecular formula is C10H18O3. The molecule has 0 spiro atoms. The topological polar surface area (TPSA) is 43.4 Å². The van der Waals surface area contributed by atoms with E-state index < -0.39 is 11.9 Å². The average Bonchev–Trinajstić information content (AvgIpc) is 2.14. The van der Waals surface area contributed by atoms with Crippen molar-refractivity contribution in [2.24, 2.45) is 11.8 Å². The fourth-order valence-corrected chi connectivity index (χ4v) is 0.634. The van der Waals surface area contributed by atoms with Crippen LogP contribution in [-0.2, 0) is 14.3 Å². The summed E-state index contributed by atoms with van der Waals surface area (Å²) in [6.07, 6.45) is 1.40. The minimum Gasteiger partial charge on any atom is -0.393 e. The lowest BCUT2D eigenvalue weighted by atomic mass is 10.1. The molecule has 0 heterocycles. The molecule has 0 rings (SSSR count). The minimum absolute atomic E-state index is 0.187. The number of carbonyl (C=O) groups excluding carboxylic acids is 2. The molecule has 3 heteroatoms. The molecule has 0 aliphatic heterocycles. The van der Waals surface area contributed by atoms with Crippen LogP contribution in [0.3, 0.4) is 0 Å². The van der Waals surface area contributed by atoms with Gasteiger partial charge in [-0.25, -0.2) is 0 Å². The van der Waals surface area contributed by atoms with Crippen LogP contribution in [0.15, 0.2) is 0 Å². The summed E-state index contributed by atoms with van der Waals surface area (Å²) in [4.78, 5) is 22.3. The Balaban J connectivity index is 3.99. The smallest absolute Gasteiger partial charge is 0.316 e. The molecule has 0 fully saturated rings. The second kappa shape index (κ2) is 5.73. The second-order valence-corrected chi connectivity index (χ2v) is 3.36. The van der Waals surface area contributed by atoms with Gasteiger partial charge in [-0.2, -0.15) is 0 Å². The summed E-state index contributed by atoms with van der Waals surface area (Å²) in [7, 11) is 0. The zero-order valence-electron chi connectivity index (χ0n) is 8.79. The third-order valence-electron chi connectivity index (χ3n) is 2.23. The van der Waals surface area contributed by atoms with E-state index in [1.165, 1.54) is 0 Å². The van der Waals surface area contributed by atoms with Crippen LogP contribution in [0.5, 0.6) is 0 Å². The molecule has 0 aromatic carbocycles. The summed E-state index contributed by atoms with van der Waals surface area (Å²) >= 11 is 0. The monoisotopic (exact) mass is 186 g/mol. The fraction of sp³-hybridized carbons (Fsp3) is 0.800. The molecule has 76 valence electrons. The van der Waals surface area contributed by atoms with Crippen molar-refractivity contribution < 1.29 is 14.3 Å². The Kier molecular flexibility index (Phi) is 5.35. The van der Waals surface area contributed by atoms with E-state index in [0.29, 0.717) is 12.8 Å². The van der Waals surface area contributed by atoms with Crippen LogP contribution in [0.4, 0.5) is 0 Å². The maximum atomic E-state index is 11.2. The van der Waals surface area contributed by atoms with Crippen molar-refractivity contribution in [3.8, 4) is 0 Å². The van der Waals surface area contributed by atoms with Gasteiger partial charge < -0.3 is 4.74 Å². The van der Waals surface area contributed by atoms with E-state index in [-0.39, 0.29) is 11.8 Å². The molecule has 0 aromatic rings. The van der Waals surface area contributed by atoms with Crippen molar-refractivity contribution in [1.29, 1.82) is 0 Å². The number of esters is 2. The Hall–Kier alpha value is -0.860. The highest BCUT2D eigenvalue weighted by Crippen LogP contribution is 2.08. The molecule has 3 nitrogen and oxygen atoms in total. The van der Waals surface area contributed by atoms with Gasteiger partial charge in [0.2, 0.25) is 0 Å². The molecule has 13 heavy (non-hydrogen) atoms. The largest absolute Gasteiger partial charge is 0.393 e. The van der Waals surface area contributed by atoms with E-state index in [1.807, 2.05) is 13.8 Å². The van der Waals surface area contributed by atoms with E-state index in [4.69, 9.17) is 0 Å². The second-order valence-electron chi connectivity index (χ2n) is 3.36. The van der Waals surface area contributed by atoms with Crippen LogP contribution in [0.1, 0.15) is 40.5 Å². The molecule has 0 amide bonds. The van der Waals surface area contributed by atoms with Crippen LogP contribution in [-0.4, -0.2) is 11.9 Å². The van der Waals surface area contributed by atoms with Gasteiger partial charge in [-0.05, 0) is 12.8 Å². The van der Waals surface area contributed by atoms with E-state index in [2.05, 4.69) is 4.74 Å². The number of carbonyl (C=O) groups is 2. The summed E-state index contributed by atoms with van der Waals surface area (Å²) in [5.41, 5.74) is 0. The standard InChI is InChI=1S/C10H18O3/c1-5-7(3)9(11)13-10(12)8(4)6-2/h7-8H,5-6H2,1-4H3. The van der Waals surface area contributed by atoms with Gasteiger partial charge in [0, 0.05) is 0 Å². The van der Waals surface area contributed by atoms with Crippen molar-refractivity contribution in [2.45, 2.75) is 40.5 Å². The third kappa shape index (κ3) is 4.06. The van der Waals surface area contributed by atoms with E-state index in [9.17, 15) is 9.59 Å². The normalized spacial score (nSPS) is 14.8. The first kappa shape index (κ1) is 12.1. The van der Waals surface area contributed by atoms with Crippen LogP contribution in [0, 0.1) is 11.8 Å². The highest BCUT2D eigenvalue weighted by atomic mass is 16.6. The predicted molar refractivity (Wildman–Crippen MR) is 50.0 cm³/mol. The van der Waals surface area contributed by atoms with Crippen LogP contribution < -0.4 is 0 Å². The Morgan fingerprint density at radius 1 is 1.00 bits per heavy atom. The highest BCUT2D eigenvalue weighted by molar-refractivity contribution is 5.87. The van der Waals surface area contributed by atoms with E-state index in [0.717, 1.165) is 0 Å². The molecule has 0 aromatic heterocycles. The van der Waals surface area contributed by atoms with Crippen LogP contribution >= 0.6 is 0 Å². The van der Waals surface area contributed by atoms with Crippen LogP contribution in [0.25, 0.3) is 0 Å². The van der Waals surface area contributed by atoms with Crippen molar-refractivity contribution >= 4 is 11.9 Å². The molecule has 0 radical (unpaired) electrons. The first-order valence-corrected chi connectivity index (χ1v) is 4.78. The van der Waals surface area contributed by atoms with Gasteiger partial charge in [0.25, 0.3) is 0 Å². The lowest BCUT2D eigenvalue weighted by molar-refractivity contribution is -0.164. The van der Waals surface area contributed by atoms with Gasteiger partial charge in [0.1, 0.15) is 0 Å². The van der Waals surface area contributed by atoms with Crippen molar-refractivity contribution in [1.82, 2.24) is 0 Å². The number of hydrogen-bond acceptors (Lipinski definition) is 3. The average molecular weight is 186 g/mol. The Bertz CT molecular complexity index is 167. The number of hydrogen-bond donors (Lipinski definition) is 0. The maximum Gasteiger partial charge on any atom is 0.316 e. The van der Waals surface area contributed by atoms with Gasteiger partial charge in [-0.1, -0.05) is 27.7 Å². The number of rotatable bonds is 4. The molecule has 0 saturated heterocycles. The third-order valence-corrected chi connectivity index (χ3v) is 2.23. The van der Waals surface area contributed by atoms with Crippen molar-refractivity contribution in [2.75, 3.05) is 0 Å². The molecule has 0 N–H and O–H groups in total. The highest BCUT2D eigenvalue weighted by Gasteiger charge is 2.19. The molecule has 2 unspecified atom stereocenters. The quantitative estimate of drug-likeness (QED) is 0.499. The molecule has 0 aliphatic rings. The Morgan fingerprint density at radius 3 is 1.54 bits per heavy atom. The molecule has 0 bridgehead atoms.